The van der Waals surface area contributed by atoms with Crippen LogP contribution in [0, 0.1) is 13.8 Å². The number of hydrogen-bond donors (Lipinski definition) is 0. The fourth-order valence-electron chi connectivity index (χ4n) is 2.65. The second-order valence-corrected chi connectivity index (χ2v) is 6.93. The van der Waals surface area contributed by atoms with E-state index in [1.54, 1.807) is 22.8 Å². The van der Waals surface area contributed by atoms with E-state index >= 15 is 0 Å². The lowest BCUT2D eigenvalue weighted by atomic mass is 10.2. The Morgan fingerprint density at radius 2 is 1.80 bits per heavy atom. The maximum atomic E-state index is 4.40. The SMILES string of the molecule is Cc1ccc(-n2nnc3c(SCc4cccc(C)c4)ncnc32)cc1. The van der Waals surface area contributed by atoms with Gasteiger partial charge in [0, 0.05) is 5.75 Å². The summed E-state index contributed by atoms with van der Waals surface area (Å²) < 4.78 is 1.76. The van der Waals surface area contributed by atoms with Gasteiger partial charge in [0.25, 0.3) is 0 Å². The van der Waals surface area contributed by atoms with E-state index in [4.69, 9.17) is 0 Å². The molecule has 0 atom stereocenters. The van der Waals surface area contributed by atoms with Crippen LogP contribution in [0.1, 0.15) is 16.7 Å². The summed E-state index contributed by atoms with van der Waals surface area (Å²) in [4.78, 5) is 8.78. The number of benzene rings is 2. The van der Waals surface area contributed by atoms with Crippen molar-refractivity contribution >= 4 is 22.9 Å². The maximum Gasteiger partial charge on any atom is 0.187 e. The minimum atomic E-state index is 0.727. The molecule has 0 bridgehead atoms. The van der Waals surface area contributed by atoms with E-state index in [2.05, 4.69) is 70.5 Å². The van der Waals surface area contributed by atoms with Crippen molar-refractivity contribution in [2.45, 2.75) is 24.6 Å². The molecule has 0 spiro atoms. The lowest BCUT2D eigenvalue weighted by Crippen LogP contribution is -1.98. The zero-order chi connectivity index (χ0) is 17.2. The molecule has 5 nitrogen and oxygen atoms in total. The molecular formula is C19H17N5S. The topological polar surface area (TPSA) is 56.5 Å². The Bertz CT molecular complexity index is 1020. The summed E-state index contributed by atoms with van der Waals surface area (Å²) in [6.45, 7) is 4.16. The molecule has 2 aromatic heterocycles. The summed E-state index contributed by atoms with van der Waals surface area (Å²) in [5.74, 6) is 0.838. The van der Waals surface area contributed by atoms with E-state index in [9.17, 15) is 0 Å². The average Bonchev–Trinajstić information content (AvgIpc) is 3.05. The standard InChI is InChI=1S/C19H17N5S/c1-13-6-8-16(9-7-13)24-18-17(22-23-24)19(21-12-20-18)25-11-15-5-3-4-14(2)10-15/h3-10,12H,11H2,1-2H3. The van der Waals surface area contributed by atoms with Crippen molar-refractivity contribution in [2.24, 2.45) is 0 Å². The fourth-order valence-corrected chi connectivity index (χ4v) is 3.52. The number of aromatic nitrogens is 5. The summed E-state index contributed by atoms with van der Waals surface area (Å²) in [6, 6.07) is 16.6. The summed E-state index contributed by atoms with van der Waals surface area (Å²) >= 11 is 1.66. The van der Waals surface area contributed by atoms with Crippen molar-refractivity contribution in [3.05, 3.63) is 71.5 Å². The van der Waals surface area contributed by atoms with Crippen LogP contribution in [0.3, 0.4) is 0 Å². The molecule has 2 aromatic carbocycles. The van der Waals surface area contributed by atoms with Gasteiger partial charge in [0.1, 0.15) is 11.4 Å². The number of thioether (sulfide) groups is 1. The lowest BCUT2D eigenvalue weighted by molar-refractivity contribution is 0.816. The van der Waals surface area contributed by atoms with Gasteiger partial charge in [0.15, 0.2) is 11.2 Å². The predicted octanol–water partition coefficient (Wildman–Crippen LogP) is 4.12. The minimum Gasteiger partial charge on any atom is -0.227 e. The van der Waals surface area contributed by atoms with E-state index in [-0.39, 0.29) is 0 Å². The Balaban J connectivity index is 1.66. The van der Waals surface area contributed by atoms with Gasteiger partial charge in [-0.25, -0.2) is 9.97 Å². The van der Waals surface area contributed by atoms with Crippen LogP contribution in [0.2, 0.25) is 0 Å². The van der Waals surface area contributed by atoms with Gasteiger partial charge in [-0.15, -0.1) is 5.10 Å². The normalized spacial score (nSPS) is 11.1. The van der Waals surface area contributed by atoms with E-state index in [1.807, 2.05) is 12.1 Å². The van der Waals surface area contributed by atoms with Crippen LogP contribution in [0.5, 0.6) is 0 Å². The number of fused-ring (bicyclic) bond motifs is 1. The second-order valence-electron chi connectivity index (χ2n) is 5.97. The molecule has 0 saturated carbocycles. The molecular weight excluding hydrogens is 330 g/mol. The smallest absolute Gasteiger partial charge is 0.187 e. The third-order valence-corrected chi connectivity index (χ3v) is 4.99. The molecule has 0 amide bonds. The Kier molecular flexibility index (Phi) is 4.19. The average molecular weight is 347 g/mol. The third kappa shape index (κ3) is 3.25. The first-order valence-corrected chi connectivity index (χ1v) is 9.01. The molecule has 6 heteroatoms. The van der Waals surface area contributed by atoms with Crippen molar-refractivity contribution < 1.29 is 0 Å². The highest BCUT2D eigenvalue weighted by atomic mass is 32.2. The van der Waals surface area contributed by atoms with Crippen LogP contribution in [0.25, 0.3) is 16.9 Å². The van der Waals surface area contributed by atoms with E-state index in [0.29, 0.717) is 0 Å². The highest BCUT2D eigenvalue weighted by Gasteiger charge is 2.13. The van der Waals surface area contributed by atoms with Crippen molar-refractivity contribution in [2.75, 3.05) is 0 Å². The molecule has 0 aliphatic heterocycles. The molecule has 0 radical (unpaired) electrons. The minimum absolute atomic E-state index is 0.727. The highest BCUT2D eigenvalue weighted by Crippen LogP contribution is 2.27. The first-order valence-electron chi connectivity index (χ1n) is 8.02. The Hall–Kier alpha value is -2.73. The molecule has 4 aromatic rings. The summed E-state index contributed by atoms with van der Waals surface area (Å²) in [5.41, 5.74) is 6.14. The first kappa shape index (κ1) is 15.8. The molecule has 0 aliphatic rings. The molecule has 0 fully saturated rings. The quantitative estimate of drug-likeness (QED) is 0.410. The van der Waals surface area contributed by atoms with Gasteiger partial charge in [-0.1, -0.05) is 64.5 Å². The van der Waals surface area contributed by atoms with Crippen molar-refractivity contribution in [1.29, 1.82) is 0 Å². The van der Waals surface area contributed by atoms with Crippen molar-refractivity contribution in [3.63, 3.8) is 0 Å². The van der Waals surface area contributed by atoms with Crippen LogP contribution in [-0.4, -0.2) is 25.0 Å². The molecule has 0 saturated heterocycles. The number of aryl methyl sites for hydroxylation is 2. The maximum absolute atomic E-state index is 4.40. The number of nitrogens with zero attached hydrogens (tertiary/aromatic N) is 5. The van der Waals surface area contributed by atoms with Crippen LogP contribution in [-0.2, 0) is 5.75 Å². The van der Waals surface area contributed by atoms with E-state index < -0.39 is 0 Å². The van der Waals surface area contributed by atoms with Gasteiger partial charge in [-0.3, -0.25) is 0 Å². The zero-order valence-electron chi connectivity index (χ0n) is 14.0. The predicted molar refractivity (Wildman–Crippen MR) is 99.9 cm³/mol. The monoisotopic (exact) mass is 347 g/mol. The van der Waals surface area contributed by atoms with Gasteiger partial charge < -0.3 is 0 Å². The Morgan fingerprint density at radius 3 is 2.60 bits per heavy atom. The van der Waals surface area contributed by atoms with E-state index in [0.717, 1.165) is 27.6 Å². The Morgan fingerprint density at radius 1 is 0.960 bits per heavy atom. The molecule has 0 N–H and O–H groups in total. The van der Waals surface area contributed by atoms with Crippen LogP contribution in [0.15, 0.2) is 59.9 Å². The summed E-state index contributed by atoms with van der Waals surface area (Å²) in [5, 5.41) is 9.44. The molecule has 0 unspecified atom stereocenters. The molecule has 0 aliphatic carbocycles. The van der Waals surface area contributed by atoms with Crippen LogP contribution < -0.4 is 0 Å². The first-order chi connectivity index (χ1) is 12.2. The molecule has 4 rings (SSSR count). The second kappa shape index (κ2) is 6.64. The molecule has 2 heterocycles. The summed E-state index contributed by atoms with van der Waals surface area (Å²) in [7, 11) is 0. The number of hydrogen-bond acceptors (Lipinski definition) is 5. The Labute approximate surface area is 150 Å². The van der Waals surface area contributed by atoms with Crippen molar-refractivity contribution in [3.8, 4) is 5.69 Å². The van der Waals surface area contributed by atoms with Crippen LogP contribution in [0.4, 0.5) is 0 Å². The van der Waals surface area contributed by atoms with Gasteiger partial charge >= 0.3 is 0 Å². The zero-order valence-corrected chi connectivity index (χ0v) is 14.9. The van der Waals surface area contributed by atoms with Crippen LogP contribution >= 0.6 is 11.8 Å². The lowest BCUT2D eigenvalue weighted by Gasteiger charge is -2.04. The summed E-state index contributed by atoms with van der Waals surface area (Å²) in [6.07, 6.45) is 1.58. The largest absolute Gasteiger partial charge is 0.227 e. The van der Waals surface area contributed by atoms with E-state index in [1.165, 1.54) is 16.7 Å². The number of rotatable bonds is 4. The van der Waals surface area contributed by atoms with Gasteiger partial charge in [0.2, 0.25) is 0 Å². The third-order valence-electron chi connectivity index (χ3n) is 3.94. The highest BCUT2D eigenvalue weighted by molar-refractivity contribution is 7.98. The van der Waals surface area contributed by atoms with Crippen molar-refractivity contribution in [1.82, 2.24) is 25.0 Å². The van der Waals surface area contributed by atoms with Gasteiger partial charge in [-0.05, 0) is 31.5 Å². The van der Waals surface area contributed by atoms with Gasteiger partial charge in [-0.2, -0.15) is 4.68 Å². The molecule has 124 valence electrons. The fraction of sp³-hybridized carbons (Fsp3) is 0.158. The molecule has 25 heavy (non-hydrogen) atoms. The van der Waals surface area contributed by atoms with Gasteiger partial charge in [0.05, 0.1) is 5.69 Å².